The van der Waals surface area contributed by atoms with Crippen LogP contribution in [0.5, 0.6) is 0 Å². The van der Waals surface area contributed by atoms with Gasteiger partial charge in [-0.05, 0) is 42.7 Å². The number of H-pyrrole nitrogens is 1. The van der Waals surface area contributed by atoms with Crippen molar-refractivity contribution < 1.29 is 18.0 Å². The molecular weight excluding hydrogens is 407 g/mol. The van der Waals surface area contributed by atoms with E-state index in [2.05, 4.69) is 25.8 Å². The lowest BCUT2D eigenvalue weighted by Crippen LogP contribution is -2.28. The zero-order valence-corrected chi connectivity index (χ0v) is 16.8. The second kappa shape index (κ2) is 10.6. The summed E-state index contributed by atoms with van der Waals surface area (Å²) in [5.41, 5.74) is 0.975. The molecule has 0 radical (unpaired) electrons. The van der Waals surface area contributed by atoms with E-state index in [4.69, 9.17) is 0 Å². The minimum atomic E-state index is -4.44. The summed E-state index contributed by atoms with van der Waals surface area (Å²) in [6, 6.07) is 8.36. The highest BCUT2D eigenvalue weighted by atomic mass is 19.4. The van der Waals surface area contributed by atoms with Crippen molar-refractivity contribution in [1.29, 1.82) is 0 Å². The molecule has 3 rings (SSSR count). The minimum Gasteiger partial charge on any atom is -0.384 e. The van der Waals surface area contributed by atoms with Gasteiger partial charge in [-0.15, -0.1) is 0 Å². The predicted octanol–water partition coefficient (Wildman–Crippen LogP) is 4.97. The lowest BCUT2D eigenvalue weighted by atomic mass is 9.98. The maximum absolute atomic E-state index is 13.1. The Bertz CT molecular complexity index is 945. The molecule has 0 aliphatic heterocycles. The van der Waals surface area contributed by atoms with E-state index in [0.717, 1.165) is 43.6 Å². The van der Waals surface area contributed by atoms with Gasteiger partial charge >= 0.3 is 6.18 Å². The van der Waals surface area contributed by atoms with E-state index < -0.39 is 17.8 Å². The third kappa shape index (κ3) is 6.84. The van der Waals surface area contributed by atoms with Crippen LogP contribution >= 0.6 is 0 Å². The number of carbonyl (C=O) groups excluding carboxylic acids is 1. The number of alkyl halides is 3. The molecule has 9 heteroatoms. The van der Waals surface area contributed by atoms with Crippen molar-refractivity contribution in [2.75, 3.05) is 11.9 Å². The summed E-state index contributed by atoms with van der Waals surface area (Å²) in [5.74, 6) is -0.380. The van der Waals surface area contributed by atoms with Gasteiger partial charge in [0, 0.05) is 25.1 Å². The van der Waals surface area contributed by atoms with E-state index in [1.807, 2.05) is 12.1 Å². The topological polar surface area (TPSA) is 82.7 Å². The Morgan fingerprint density at radius 3 is 2.68 bits per heavy atom. The first-order valence-corrected chi connectivity index (χ1v) is 10.0. The zero-order valence-electron chi connectivity index (χ0n) is 16.8. The number of pyridine rings is 1. The highest BCUT2D eigenvalue weighted by Crippen LogP contribution is 2.31. The number of nitrogens with zero attached hydrogens (tertiary/aromatic N) is 2. The number of halogens is 3. The van der Waals surface area contributed by atoms with E-state index >= 15 is 0 Å². The molecule has 2 heterocycles. The van der Waals surface area contributed by atoms with Crippen LogP contribution in [0.15, 0.2) is 61.2 Å². The number of aromatic amines is 1. The summed E-state index contributed by atoms with van der Waals surface area (Å²) >= 11 is 0. The van der Waals surface area contributed by atoms with Crippen molar-refractivity contribution in [3.05, 3.63) is 77.9 Å². The van der Waals surface area contributed by atoms with Crippen LogP contribution in [0.4, 0.5) is 18.9 Å². The van der Waals surface area contributed by atoms with Crippen LogP contribution < -0.4 is 10.6 Å². The Balaban J connectivity index is 1.58. The Morgan fingerprint density at radius 2 is 1.97 bits per heavy atom. The van der Waals surface area contributed by atoms with Crippen molar-refractivity contribution in [1.82, 2.24) is 20.5 Å². The number of carbonyl (C=O) groups is 1. The van der Waals surface area contributed by atoms with Crippen LogP contribution in [-0.2, 0) is 6.18 Å². The molecule has 0 aliphatic carbocycles. The van der Waals surface area contributed by atoms with Crippen LogP contribution in [0.25, 0.3) is 0 Å². The molecule has 3 aromatic rings. The van der Waals surface area contributed by atoms with Crippen LogP contribution in [0.1, 0.15) is 53.2 Å². The van der Waals surface area contributed by atoms with Gasteiger partial charge < -0.3 is 10.6 Å². The van der Waals surface area contributed by atoms with Crippen molar-refractivity contribution in [2.24, 2.45) is 0 Å². The Labute approximate surface area is 178 Å². The van der Waals surface area contributed by atoms with Crippen LogP contribution in [-0.4, -0.2) is 27.6 Å². The smallest absolute Gasteiger partial charge is 0.384 e. The summed E-state index contributed by atoms with van der Waals surface area (Å²) in [6.45, 7) is 0.765. The van der Waals surface area contributed by atoms with Gasteiger partial charge in [-0.1, -0.05) is 25.0 Å². The van der Waals surface area contributed by atoms with Crippen molar-refractivity contribution in [2.45, 2.75) is 37.9 Å². The number of amides is 1. The number of hydrogen-bond donors (Lipinski definition) is 3. The highest BCUT2D eigenvalue weighted by molar-refractivity contribution is 5.93. The molecule has 0 fully saturated rings. The quantitative estimate of drug-likeness (QED) is 0.396. The second-order valence-corrected chi connectivity index (χ2v) is 7.15. The van der Waals surface area contributed by atoms with Gasteiger partial charge in [-0.3, -0.25) is 14.9 Å². The molecule has 0 bridgehead atoms. The van der Waals surface area contributed by atoms with Crippen molar-refractivity contribution in [3.8, 4) is 0 Å². The summed E-state index contributed by atoms with van der Waals surface area (Å²) in [7, 11) is 0. The molecule has 2 aromatic heterocycles. The first kappa shape index (κ1) is 22.3. The molecule has 6 nitrogen and oxygen atoms in total. The van der Waals surface area contributed by atoms with E-state index in [9.17, 15) is 18.0 Å². The molecule has 0 unspecified atom stereocenters. The molecule has 0 saturated heterocycles. The van der Waals surface area contributed by atoms with Crippen molar-refractivity contribution >= 4 is 11.6 Å². The normalized spacial score (nSPS) is 12.4. The summed E-state index contributed by atoms with van der Waals surface area (Å²) < 4.78 is 39.4. The summed E-state index contributed by atoms with van der Waals surface area (Å²) in [5, 5.41) is 12.4. The fourth-order valence-electron chi connectivity index (χ4n) is 3.22. The number of rotatable bonds is 10. The maximum Gasteiger partial charge on any atom is 0.416 e. The Kier molecular flexibility index (Phi) is 7.64. The first-order chi connectivity index (χ1) is 14.9. The SMILES string of the molecule is O=C(N[C@@H](CCCCCNc1cccnc1)c1cccc(C(F)(F)F)c1)c1cn[nH]c1. The van der Waals surface area contributed by atoms with Crippen molar-refractivity contribution in [3.63, 3.8) is 0 Å². The monoisotopic (exact) mass is 431 g/mol. The summed E-state index contributed by atoms with van der Waals surface area (Å²) in [4.78, 5) is 16.5. The fraction of sp³-hybridized carbons (Fsp3) is 0.318. The average Bonchev–Trinajstić information content (AvgIpc) is 3.30. The number of hydrogen-bond acceptors (Lipinski definition) is 4. The fourth-order valence-corrected chi connectivity index (χ4v) is 3.22. The van der Waals surface area contributed by atoms with Gasteiger partial charge in [0.05, 0.1) is 29.1 Å². The molecule has 1 amide bonds. The Hall–Kier alpha value is -3.36. The van der Waals surface area contributed by atoms with Gasteiger partial charge in [-0.2, -0.15) is 18.3 Å². The Morgan fingerprint density at radius 1 is 1.10 bits per heavy atom. The van der Waals surface area contributed by atoms with Crippen LogP contribution in [0.3, 0.4) is 0 Å². The van der Waals surface area contributed by atoms with Gasteiger partial charge in [0.1, 0.15) is 0 Å². The number of anilines is 1. The highest BCUT2D eigenvalue weighted by Gasteiger charge is 2.31. The van der Waals surface area contributed by atoms with Crippen LogP contribution in [0.2, 0.25) is 0 Å². The van der Waals surface area contributed by atoms with Gasteiger partial charge in [0.2, 0.25) is 0 Å². The third-order valence-corrected chi connectivity index (χ3v) is 4.84. The number of unbranched alkanes of at least 4 members (excludes halogenated alkanes) is 2. The molecule has 1 atom stereocenters. The van der Waals surface area contributed by atoms with E-state index in [1.54, 1.807) is 18.5 Å². The van der Waals surface area contributed by atoms with E-state index in [-0.39, 0.29) is 5.91 Å². The number of aromatic nitrogens is 3. The first-order valence-electron chi connectivity index (χ1n) is 10.0. The standard InChI is InChI=1S/C22H24F3N5O/c23-22(24,25)18-7-4-6-16(12-18)20(30-21(31)17-13-28-29-14-17)9-2-1-3-11-27-19-8-5-10-26-15-19/h4-8,10,12-15,20,27H,1-3,9,11H2,(H,28,29)(H,30,31)/t20-/m0/s1. The molecule has 1 aromatic carbocycles. The molecule has 31 heavy (non-hydrogen) atoms. The largest absolute Gasteiger partial charge is 0.416 e. The average molecular weight is 431 g/mol. The van der Waals surface area contributed by atoms with E-state index in [0.29, 0.717) is 17.5 Å². The maximum atomic E-state index is 13.1. The molecule has 164 valence electrons. The molecule has 0 saturated carbocycles. The van der Waals surface area contributed by atoms with Crippen LogP contribution in [0, 0.1) is 0 Å². The zero-order chi connectivity index (χ0) is 22.1. The van der Waals surface area contributed by atoms with Gasteiger partial charge in [0.15, 0.2) is 0 Å². The van der Waals surface area contributed by atoms with Gasteiger partial charge in [0.25, 0.3) is 5.91 Å². The lowest BCUT2D eigenvalue weighted by Gasteiger charge is -2.20. The second-order valence-electron chi connectivity index (χ2n) is 7.15. The molecular formula is C22H24F3N5O. The lowest BCUT2D eigenvalue weighted by molar-refractivity contribution is -0.137. The predicted molar refractivity (Wildman–Crippen MR) is 111 cm³/mol. The molecule has 0 aliphatic rings. The molecule has 3 N–H and O–H groups in total. The van der Waals surface area contributed by atoms with Gasteiger partial charge in [-0.25, -0.2) is 0 Å². The summed E-state index contributed by atoms with van der Waals surface area (Å²) in [6.07, 6.45) is 4.87. The molecule has 0 spiro atoms. The third-order valence-electron chi connectivity index (χ3n) is 4.84. The minimum absolute atomic E-state index is 0.331. The number of benzene rings is 1. The number of nitrogens with one attached hydrogen (secondary N) is 3. The van der Waals surface area contributed by atoms with E-state index in [1.165, 1.54) is 18.5 Å².